The average molecular weight is 155 g/mol. The lowest BCUT2D eigenvalue weighted by Gasteiger charge is -2.00. The molecule has 1 rings (SSSR count). The molecule has 0 aromatic carbocycles. The summed E-state index contributed by atoms with van der Waals surface area (Å²) >= 11 is 0. The molecule has 1 aromatic rings. The molecule has 1 heterocycles. The maximum Gasteiger partial charge on any atom is 0.147 e. The summed E-state index contributed by atoms with van der Waals surface area (Å²) in [5.74, 6) is 0.870. The first-order valence-corrected chi connectivity index (χ1v) is 6.67. The Morgan fingerprint density at radius 1 is 1.60 bits per heavy atom. The number of hydrogen-bond acceptors (Lipinski definition) is 2. The van der Waals surface area contributed by atoms with Crippen molar-refractivity contribution in [1.82, 2.24) is 14.8 Å². The SMILES string of the molecule is Cc1ncn(C[SiH](C)C)n1. The molecule has 0 saturated heterocycles. The van der Waals surface area contributed by atoms with Crippen LogP contribution in [0, 0.1) is 6.92 Å². The van der Waals surface area contributed by atoms with Gasteiger partial charge in [-0.05, 0) is 6.92 Å². The normalized spacial score (nSPS) is 10.8. The van der Waals surface area contributed by atoms with E-state index in [1.54, 1.807) is 0 Å². The van der Waals surface area contributed by atoms with Crippen molar-refractivity contribution in [2.45, 2.75) is 26.2 Å². The van der Waals surface area contributed by atoms with Crippen LogP contribution in [0.25, 0.3) is 0 Å². The van der Waals surface area contributed by atoms with Crippen LogP contribution in [0.2, 0.25) is 13.1 Å². The van der Waals surface area contributed by atoms with Crippen LogP contribution >= 0.6 is 0 Å². The van der Waals surface area contributed by atoms with Crippen LogP contribution in [0.1, 0.15) is 5.82 Å². The van der Waals surface area contributed by atoms with Crippen molar-refractivity contribution in [3.63, 3.8) is 0 Å². The number of hydrogen-bond donors (Lipinski definition) is 0. The van der Waals surface area contributed by atoms with Crippen molar-refractivity contribution in [2.75, 3.05) is 0 Å². The molecule has 0 aliphatic heterocycles. The van der Waals surface area contributed by atoms with E-state index in [0.717, 1.165) is 12.0 Å². The second-order valence-corrected chi connectivity index (χ2v) is 6.06. The number of rotatable bonds is 2. The molecule has 4 heteroatoms. The highest BCUT2D eigenvalue weighted by Gasteiger charge is 1.98. The molecular weight excluding hydrogens is 142 g/mol. The maximum atomic E-state index is 4.19. The lowest BCUT2D eigenvalue weighted by Crippen LogP contribution is -2.13. The van der Waals surface area contributed by atoms with Crippen LogP contribution in [0.5, 0.6) is 0 Å². The molecule has 0 fully saturated rings. The summed E-state index contributed by atoms with van der Waals surface area (Å²) in [4.78, 5) is 4.04. The highest BCUT2D eigenvalue weighted by atomic mass is 28.3. The summed E-state index contributed by atoms with van der Waals surface area (Å²) in [5.41, 5.74) is 0. The van der Waals surface area contributed by atoms with Crippen molar-refractivity contribution in [1.29, 1.82) is 0 Å². The van der Waals surface area contributed by atoms with Gasteiger partial charge in [0.25, 0.3) is 0 Å². The molecule has 0 atom stereocenters. The quantitative estimate of drug-likeness (QED) is 0.586. The predicted molar refractivity (Wildman–Crippen MR) is 43.6 cm³/mol. The molecule has 0 unspecified atom stereocenters. The van der Waals surface area contributed by atoms with E-state index in [1.165, 1.54) is 0 Å². The molecule has 0 amide bonds. The third-order valence-corrected chi connectivity index (χ3v) is 2.31. The van der Waals surface area contributed by atoms with Gasteiger partial charge in [-0.3, -0.25) is 4.68 Å². The monoisotopic (exact) mass is 155 g/mol. The average Bonchev–Trinajstić information content (AvgIpc) is 2.13. The minimum absolute atomic E-state index is 0.523. The Bertz CT molecular complexity index is 207. The highest BCUT2D eigenvalue weighted by Crippen LogP contribution is 1.89. The Morgan fingerprint density at radius 2 is 2.30 bits per heavy atom. The minimum Gasteiger partial charge on any atom is -0.256 e. The van der Waals surface area contributed by atoms with Gasteiger partial charge < -0.3 is 0 Å². The van der Waals surface area contributed by atoms with Gasteiger partial charge in [0.1, 0.15) is 12.2 Å². The van der Waals surface area contributed by atoms with Gasteiger partial charge in [0, 0.05) is 6.17 Å². The second kappa shape index (κ2) is 2.96. The van der Waals surface area contributed by atoms with Crippen LogP contribution < -0.4 is 0 Å². The molecule has 0 aliphatic carbocycles. The number of aryl methyl sites for hydroxylation is 1. The zero-order valence-electron chi connectivity index (χ0n) is 6.70. The van der Waals surface area contributed by atoms with Gasteiger partial charge in [-0.2, -0.15) is 5.10 Å². The van der Waals surface area contributed by atoms with Crippen molar-refractivity contribution >= 4 is 8.80 Å². The zero-order chi connectivity index (χ0) is 7.56. The van der Waals surface area contributed by atoms with Crippen molar-refractivity contribution in [3.05, 3.63) is 12.2 Å². The molecule has 56 valence electrons. The molecule has 0 spiro atoms. The summed E-state index contributed by atoms with van der Waals surface area (Å²) in [6.07, 6.45) is 2.91. The Balaban J connectivity index is 2.58. The second-order valence-electron chi connectivity index (χ2n) is 2.91. The Labute approximate surface area is 62.7 Å². The van der Waals surface area contributed by atoms with Gasteiger partial charge in [-0.25, -0.2) is 4.98 Å². The third kappa shape index (κ3) is 1.95. The smallest absolute Gasteiger partial charge is 0.147 e. The van der Waals surface area contributed by atoms with E-state index in [-0.39, 0.29) is 0 Å². The van der Waals surface area contributed by atoms with Crippen molar-refractivity contribution in [3.8, 4) is 0 Å². The number of nitrogens with zero attached hydrogens (tertiary/aromatic N) is 3. The fourth-order valence-electron chi connectivity index (χ4n) is 0.850. The van der Waals surface area contributed by atoms with Gasteiger partial charge in [-0.15, -0.1) is 0 Å². The molecule has 0 saturated carbocycles. The standard InChI is InChI=1S/C6H13N3Si/c1-6-7-4-9(8-6)5-10(2)3/h4,10H,5H2,1-3H3. The van der Waals surface area contributed by atoms with E-state index in [2.05, 4.69) is 23.2 Å². The van der Waals surface area contributed by atoms with E-state index in [4.69, 9.17) is 0 Å². The van der Waals surface area contributed by atoms with E-state index >= 15 is 0 Å². The molecule has 3 nitrogen and oxygen atoms in total. The summed E-state index contributed by atoms with van der Waals surface area (Å²) in [6.45, 7) is 6.52. The number of aromatic nitrogens is 3. The largest absolute Gasteiger partial charge is 0.256 e. The van der Waals surface area contributed by atoms with Crippen molar-refractivity contribution in [2.24, 2.45) is 0 Å². The molecule has 0 bridgehead atoms. The first-order valence-electron chi connectivity index (χ1n) is 3.54. The highest BCUT2D eigenvalue weighted by molar-refractivity contribution is 6.54. The van der Waals surface area contributed by atoms with E-state index in [9.17, 15) is 0 Å². The van der Waals surface area contributed by atoms with E-state index in [1.807, 2.05) is 17.9 Å². The topological polar surface area (TPSA) is 30.7 Å². The van der Waals surface area contributed by atoms with Gasteiger partial charge >= 0.3 is 0 Å². The summed E-state index contributed by atoms with van der Waals surface area (Å²) < 4.78 is 1.94. The molecule has 0 radical (unpaired) electrons. The van der Waals surface area contributed by atoms with E-state index < -0.39 is 8.80 Å². The van der Waals surface area contributed by atoms with Crippen molar-refractivity contribution < 1.29 is 0 Å². The third-order valence-electron chi connectivity index (χ3n) is 1.20. The van der Waals surface area contributed by atoms with Crippen LogP contribution in [0.3, 0.4) is 0 Å². The summed E-state index contributed by atoms with van der Waals surface area (Å²) in [5, 5.41) is 4.19. The van der Waals surface area contributed by atoms with Crippen LogP contribution in [-0.2, 0) is 6.17 Å². The lowest BCUT2D eigenvalue weighted by atomic mass is 10.8. The molecule has 0 aliphatic rings. The maximum absolute atomic E-state index is 4.19. The lowest BCUT2D eigenvalue weighted by molar-refractivity contribution is 0.723. The fraction of sp³-hybridized carbons (Fsp3) is 0.667. The first-order chi connectivity index (χ1) is 4.68. The van der Waals surface area contributed by atoms with Gasteiger partial charge in [-0.1, -0.05) is 13.1 Å². The molecular formula is C6H13N3Si. The van der Waals surface area contributed by atoms with Gasteiger partial charge in [0.15, 0.2) is 0 Å². The van der Waals surface area contributed by atoms with Crippen LogP contribution in [0.15, 0.2) is 6.33 Å². The zero-order valence-corrected chi connectivity index (χ0v) is 7.86. The Morgan fingerprint density at radius 3 is 2.70 bits per heavy atom. The molecule has 10 heavy (non-hydrogen) atoms. The van der Waals surface area contributed by atoms with E-state index in [0.29, 0.717) is 0 Å². The molecule has 0 N–H and O–H groups in total. The Kier molecular flexibility index (Phi) is 2.21. The minimum atomic E-state index is -0.523. The van der Waals surface area contributed by atoms with Crippen LogP contribution in [-0.4, -0.2) is 23.6 Å². The van der Waals surface area contributed by atoms with Gasteiger partial charge in [0.05, 0.1) is 8.80 Å². The predicted octanol–water partition coefficient (Wildman–Crippen LogP) is 0.612. The van der Waals surface area contributed by atoms with Gasteiger partial charge in [0.2, 0.25) is 0 Å². The Hall–Kier alpha value is -0.643. The molecule has 1 aromatic heterocycles. The van der Waals surface area contributed by atoms with Crippen LogP contribution in [0.4, 0.5) is 0 Å². The summed E-state index contributed by atoms with van der Waals surface area (Å²) in [7, 11) is -0.523. The summed E-state index contributed by atoms with van der Waals surface area (Å²) in [6, 6.07) is 0. The first kappa shape index (κ1) is 7.46. The fourth-order valence-corrected chi connectivity index (χ4v) is 1.77.